The minimum atomic E-state index is -0.870. The third-order valence-corrected chi connectivity index (χ3v) is 3.79. The zero-order chi connectivity index (χ0) is 15.9. The molecule has 1 aliphatic heterocycles. The second-order valence-corrected chi connectivity index (χ2v) is 5.32. The van der Waals surface area contributed by atoms with Crippen molar-refractivity contribution in [2.45, 2.75) is 12.5 Å². The zero-order valence-electron chi connectivity index (χ0n) is 11.5. The van der Waals surface area contributed by atoms with Crippen LogP contribution in [0.4, 0.5) is 20.3 Å². The average Bonchev–Trinajstić information content (AvgIpc) is 2.93. The molecule has 1 unspecified atom stereocenters. The van der Waals surface area contributed by atoms with Gasteiger partial charge >= 0.3 is 0 Å². The maximum atomic E-state index is 13.9. The fourth-order valence-electron chi connectivity index (χ4n) is 2.34. The summed E-state index contributed by atoms with van der Waals surface area (Å²) in [4.78, 5) is 21.5. The van der Waals surface area contributed by atoms with Gasteiger partial charge in [-0.05, 0) is 6.07 Å². The molecule has 1 aromatic carbocycles. The van der Waals surface area contributed by atoms with Crippen molar-refractivity contribution in [3.05, 3.63) is 46.9 Å². The first kappa shape index (κ1) is 14.6. The molecule has 3 rings (SSSR count). The third-order valence-electron chi connectivity index (χ3n) is 3.50. The van der Waals surface area contributed by atoms with Crippen molar-refractivity contribution in [1.29, 1.82) is 0 Å². The van der Waals surface area contributed by atoms with Crippen molar-refractivity contribution >= 4 is 29.0 Å². The van der Waals surface area contributed by atoms with Crippen molar-refractivity contribution in [2.75, 3.05) is 17.3 Å². The molecule has 2 aromatic rings. The summed E-state index contributed by atoms with van der Waals surface area (Å²) in [6, 6.07) is 1.16. The molecule has 114 valence electrons. The summed E-state index contributed by atoms with van der Waals surface area (Å²) >= 11 is 5.65. The van der Waals surface area contributed by atoms with Crippen LogP contribution in [0.5, 0.6) is 0 Å². The van der Waals surface area contributed by atoms with Gasteiger partial charge < -0.3 is 10.2 Å². The van der Waals surface area contributed by atoms with Gasteiger partial charge in [-0.2, -0.15) is 0 Å². The number of hydrogen-bond acceptors (Lipinski definition) is 4. The highest BCUT2D eigenvalue weighted by Gasteiger charge is 2.31. The van der Waals surface area contributed by atoms with Gasteiger partial charge in [0.1, 0.15) is 29.8 Å². The van der Waals surface area contributed by atoms with Crippen molar-refractivity contribution in [2.24, 2.45) is 0 Å². The molecular weight excluding hydrogens is 314 g/mol. The van der Waals surface area contributed by atoms with Gasteiger partial charge in [-0.3, -0.25) is 4.79 Å². The van der Waals surface area contributed by atoms with Crippen LogP contribution in [-0.4, -0.2) is 29.0 Å². The maximum absolute atomic E-state index is 13.9. The molecule has 1 atom stereocenters. The molecule has 0 aliphatic carbocycles. The number of carbonyl (C=O) groups excluding carboxylic acids is 1. The molecule has 2 heterocycles. The monoisotopic (exact) mass is 324 g/mol. The van der Waals surface area contributed by atoms with Crippen molar-refractivity contribution in [1.82, 2.24) is 9.97 Å². The maximum Gasteiger partial charge on any atom is 0.249 e. The SMILES string of the molecule is CN(C(=O)C1Cc2cncnc2N1)c1cc(Cl)c(F)cc1F. The van der Waals surface area contributed by atoms with Gasteiger partial charge in [0.05, 0.1) is 10.7 Å². The normalized spacial score (nSPS) is 16.1. The second kappa shape index (κ2) is 5.49. The molecule has 1 aliphatic rings. The van der Waals surface area contributed by atoms with Crippen LogP contribution in [0, 0.1) is 11.6 Å². The Labute approximate surface area is 129 Å². The third kappa shape index (κ3) is 2.48. The molecule has 0 saturated heterocycles. The van der Waals surface area contributed by atoms with Crippen LogP contribution in [0.2, 0.25) is 5.02 Å². The highest BCUT2D eigenvalue weighted by atomic mass is 35.5. The number of hydrogen-bond donors (Lipinski definition) is 1. The summed E-state index contributed by atoms with van der Waals surface area (Å²) in [5.41, 5.74) is 0.729. The van der Waals surface area contributed by atoms with Gasteiger partial charge in [-0.15, -0.1) is 0 Å². The highest BCUT2D eigenvalue weighted by molar-refractivity contribution is 6.31. The molecule has 1 N–H and O–H groups in total. The summed E-state index contributed by atoms with van der Waals surface area (Å²) in [5.74, 6) is -1.52. The molecule has 1 amide bonds. The first-order chi connectivity index (χ1) is 10.5. The lowest BCUT2D eigenvalue weighted by Gasteiger charge is -2.22. The summed E-state index contributed by atoms with van der Waals surface area (Å²) in [6.45, 7) is 0. The van der Waals surface area contributed by atoms with E-state index in [2.05, 4.69) is 15.3 Å². The molecule has 0 spiro atoms. The van der Waals surface area contributed by atoms with Crippen LogP contribution in [-0.2, 0) is 11.2 Å². The van der Waals surface area contributed by atoms with E-state index in [1.165, 1.54) is 13.4 Å². The quantitative estimate of drug-likeness (QED) is 0.862. The smallest absolute Gasteiger partial charge is 0.249 e. The van der Waals surface area contributed by atoms with Gasteiger partial charge in [-0.1, -0.05) is 11.6 Å². The fourth-order valence-corrected chi connectivity index (χ4v) is 2.50. The van der Waals surface area contributed by atoms with Crippen LogP contribution >= 0.6 is 11.6 Å². The van der Waals surface area contributed by atoms with E-state index in [1.54, 1.807) is 6.20 Å². The standard InChI is InChI=1S/C14H11ClF2N4O/c1-21(12-3-8(15)9(16)4-10(12)17)14(22)11-2-7-5-18-6-19-13(7)20-11/h3-6,11H,2H2,1H3,(H,18,19,20). The summed E-state index contributed by atoms with van der Waals surface area (Å²) < 4.78 is 27.1. The number of rotatable bonds is 2. The average molecular weight is 325 g/mol. The summed E-state index contributed by atoms with van der Waals surface area (Å²) in [5, 5.41) is 2.71. The first-order valence-electron chi connectivity index (χ1n) is 6.45. The van der Waals surface area contributed by atoms with E-state index < -0.39 is 17.7 Å². The fraction of sp³-hybridized carbons (Fsp3) is 0.214. The van der Waals surface area contributed by atoms with Gasteiger partial charge in [0.15, 0.2) is 0 Å². The Kier molecular flexibility index (Phi) is 3.66. The Balaban J connectivity index is 1.83. The molecule has 0 saturated carbocycles. The summed E-state index contributed by atoms with van der Waals surface area (Å²) in [7, 11) is 1.41. The number of likely N-dealkylation sites (N-methyl/N-ethyl adjacent to an activating group) is 1. The topological polar surface area (TPSA) is 58.1 Å². The minimum Gasteiger partial charge on any atom is -0.358 e. The van der Waals surface area contributed by atoms with Crippen LogP contribution < -0.4 is 10.2 Å². The van der Waals surface area contributed by atoms with E-state index in [1.807, 2.05) is 0 Å². The van der Waals surface area contributed by atoms with Crippen LogP contribution in [0.15, 0.2) is 24.7 Å². The molecule has 5 nitrogen and oxygen atoms in total. The van der Waals surface area contributed by atoms with Gasteiger partial charge in [0.2, 0.25) is 5.91 Å². The minimum absolute atomic E-state index is 0.0831. The van der Waals surface area contributed by atoms with Crippen molar-refractivity contribution in [3.8, 4) is 0 Å². The van der Waals surface area contributed by atoms with E-state index in [9.17, 15) is 13.6 Å². The van der Waals surface area contributed by atoms with E-state index in [0.29, 0.717) is 18.3 Å². The molecule has 8 heteroatoms. The van der Waals surface area contributed by atoms with Crippen molar-refractivity contribution in [3.63, 3.8) is 0 Å². The first-order valence-corrected chi connectivity index (χ1v) is 6.82. The molecule has 22 heavy (non-hydrogen) atoms. The lowest BCUT2D eigenvalue weighted by Crippen LogP contribution is -2.40. The lowest BCUT2D eigenvalue weighted by molar-refractivity contribution is -0.118. The summed E-state index contributed by atoms with van der Waals surface area (Å²) in [6.07, 6.45) is 3.40. The van der Waals surface area contributed by atoms with E-state index in [-0.39, 0.29) is 16.6 Å². The van der Waals surface area contributed by atoms with Gasteiger partial charge in [0, 0.05) is 31.3 Å². The van der Waals surface area contributed by atoms with Crippen LogP contribution in [0.25, 0.3) is 0 Å². The number of halogens is 3. The van der Waals surface area contributed by atoms with E-state index in [0.717, 1.165) is 16.5 Å². The van der Waals surface area contributed by atoms with Crippen LogP contribution in [0.1, 0.15) is 5.56 Å². The molecule has 1 aromatic heterocycles. The zero-order valence-corrected chi connectivity index (χ0v) is 12.2. The Bertz CT molecular complexity index is 731. The number of benzene rings is 1. The predicted octanol–water partition coefficient (Wildman–Crippen LogP) is 2.41. The number of carbonyl (C=O) groups is 1. The van der Waals surface area contributed by atoms with Crippen molar-refractivity contribution < 1.29 is 13.6 Å². The molecule has 0 bridgehead atoms. The largest absolute Gasteiger partial charge is 0.358 e. The Morgan fingerprint density at radius 2 is 2.18 bits per heavy atom. The lowest BCUT2D eigenvalue weighted by atomic mass is 10.1. The Morgan fingerprint density at radius 1 is 1.41 bits per heavy atom. The number of amides is 1. The molecule has 0 radical (unpaired) electrons. The second-order valence-electron chi connectivity index (χ2n) is 4.91. The molecule has 0 fully saturated rings. The molecular formula is C14H11ClF2N4O. The Morgan fingerprint density at radius 3 is 2.91 bits per heavy atom. The number of nitrogens with one attached hydrogen (secondary N) is 1. The van der Waals surface area contributed by atoms with Gasteiger partial charge in [-0.25, -0.2) is 18.7 Å². The number of nitrogens with zero attached hydrogens (tertiary/aromatic N) is 3. The number of anilines is 2. The highest BCUT2D eigenvalue weighted by Crippen LogP contribution is 2.28. The van der Waals surface area contributed by atoms with E-state index in [4.69, 9.17) is 11.6 Å². The Hall–Kier alpha value is -2.28. The van der Waals surface area contributed by atoms with E-state index >= 15 is 0 Å². The van der Waals surface area contributed by atoms with Gasteiger partial charge in [0.25, 0.3) is 0 Å². The number of fused-ring (bicyclic) bond motifs is 1. The van der Waals surface area contributed by atoms with Crippen LogP contribution in [0.3, 0.4) is 0 Å². The number of aromatic nitrogens is 2. The predicted molar refractivity (Wildman–Crippen MR) is 77.9 cm³/mol.